The van der Waals surface area contributed by atoms with Crippen LogP contribution in [0.5, 0.6) is 0 Å². The average Bonchev–Trinajstić information content (AvgIpc) is 2.81. The fourth-order valence-electron chi connectivity index (χ4n) is 5.01. The Morgan fingerprint density at radius 1 is 0.645 bits per heavy atom. The van der Waals surface area contributed by atoms with E-state index in [1.165, 1.54) is 43.0 Å². The minimum atomic E-state index is 0.591. The number of hydrogen-bond donors (Lipinski definition) is 0. The number of anilines is 1. The Hall–Kier alpha value is -1.88. The maximum absolute atomic E-state index is 2.65. The van der Waals surface area contributed by atoms with Gasteiger partial charge in [-0.25, -0.2) is 0 Å². The van der Waals surface area contributed by atoms with E-state index in [1.54, 1.807) is 0 Å². The summed E-state index contributed by atoms with van der Waals surface area (Å²) in [6, 6.07) is 21.5. The molecule has 2 heterocycles. The number of nitrogens with zero attached hydrogens (tertiary/aromatic N) is 4. The first kappa shape index (κ1) is 22.3. The fraction of sp³-hybridized carbons (Fsp3) is 0.556. The summed E-state index contributed by atoms with van der Waals surface area (Å²) in [5.74, 6) is 0. The molecule has 0 bridgehead atoms. The third-order valence-electron chi connectivity index (χ3n) is 7.16. The smallest absolute Gasteiger partial charge is 0.0367 e. The molecule has 0 spiro atoms. The minimum Gasteiger partial charge on any atom is -0.369 e. The van der Waals surface area contributed by atoms with Crippen molar-refractivity contribution in [3.63, 3.8) is 0 Å². The molecular weight excluding hydrogens is 380 g/mol. The fourth-order valence-corrected chi connectivity index (χ4v) is 5.01. The van der Waals surface area contributed by atoms with Gasteiger partial charge >= 0.3 is 0 Å². The van der Waals surface area contributed by atoms with E-state index in [0.29, 0.717) is 12.1 Å². The van der Waals surface area contributed by atoms with Gasteiger partial charge in [-0.3, -0.25) is 14.7 Å². The average molecular weight is 421 g/mol. The van der Waals surface area contributed by atoms with E-state index < -0.39 is 0 Å². The van der Waals surface area contributed by atoms with Crippen molar-refractivity contribution in [1.29, 1.82) is 0 Å². The largest absolute Gasteiger partial charge is 0.369 e. The Balaban J connectivity index is 1.22. The zero-order chi connectivity index (χ0) is 21.6. The van der Waals surface area contributed by atoms with Crippen molar-refractivity contribution < 1.29 is 0 Å². The molecule has 2 aromatic carbocycles. The highest BCUT2D eigenvalue weighted by molar-refractivity contribution is 5.46. The van der Waals surface area contributed by atoms with Gasteiger partial charge in [-0.1, -0.05) is 42.5 Å². The van der Waals surface area contributed by atoms with E-state index >= 15 is 0 Å². The molecule has 0 saturated carbocycles. The molecule has 2 fully saturated rings. The Morgan fingerprint density at radius 2 is 1.23 bits per heavy atom. The van der Waals surface area contributed by atoms with Crippen LogP contribution in [-0.2, 0) is 13.0 Å². The van der Waals surface area contributed by atoms with E-state index in [9.17, 15) is 0 Å². The van der Waals surface area contributed by atoms with Gasteiger partial charge in [0, 0.05) is 76.7 Å². The third-order valence-corrected chi connectivity index (χ3v) is 7.16. The van der Waals surface area contributed by atoms with E-state index in [0.717, 1.165) is 39.1 Å². The monoisotopic (exact) mass is 420 g/mol. The third kappa shape index (κ3) is 6.09. The van der Waals surface area contributed by atoms with Crippen molar-refractivity contribution >= 4 is 5.69 Å². The van der Waals surface area contributed by atoms with Gasteiger partial charge in [-0.15, -0.1) is 0 Å². The lowest BCUT2D eigenvalue weighted by Gasteiger charge is -2.39. The number of para-hydroxylation sites is 1. The Bertz CT molecular complexity index is 773. The predicted octanol–water partition coefficient (Wildman–Crippen LogP) is 3.97. The first-order chi connectivity index (χ1) is 15.1. The molecule has 2 aromatic rings. The summed E-state index contributed by atoms with van der Waals surface area (Å²) in [7, 11) is 0. The summed E-state index contributed by atoms with van der Waals surface area (Å²) in [6.45, 7) is 17.4. The van der Waals surface area contributed by atoms with E-state index in [1.807, 2.05) is 0 Å². The van der Waals surface area contributed by atoms with Gasteiger partial charge in [0.1, 0.15) is 0 Å². The lowest BCUT2D eigenvalue weighted by Crippen LogP contribution is -2.50. The molecule has 1 unspecified atom stereocenters. The van der Waals surface area contributed by atoms with Gasteiger partial charge in [0.05, 0.1) is 0 Å². The number of hydrogen-bond acceptors (Lipinski definition) is 4. The van der Waals surface area contributed by atoms with Crippen LogP contribution in [0.25, 0.3) is 0 Å². The van der Waals surface area contributed by atoms with Crippen molar-refractivity contribution in [3.05, 3.63) is 65.7 Å². The van der Waals surface area contributed by atoms with E-state index in [-0.39, 0.29) is 0 Å². The quantitative estimate of drug-likeness (QED) is 0.672. The molecule has 4 rings (SSSR count). The summed E-state index contributed by atoms with van der Waals surface area (Å²) in [5, 5.41) is 0. The normalized spacial score (nSPS) is 20.3. The molecular formula is C27H40N4. The van der Waals surface area contributed by atoms with Crippen LogP contribution in [-0.4, -0.2) is 79.1 Å². The van der Waals surface area contributed by atoms with Crippen LogP contribution in [0.3, 0.4) is 0 Å². The minimum absolute atomic E-state index is 0.591. The second kappa shape index (κ2) is 10.6. The lowest BCUT2D eigenvalue weighted by atomic mass is 10.0. The van der Waals surface area contributed by atoms with Crippen molar-refractivity contribution in [2.24, 2.45) is 0 Å². The van der Waals surface area contributed by atoms with E-state index in [2.05, 4.69) is 95.0 Å². The van der Waals surface area contributed by atoms with Gasteiger partial charge in [0.25, 0.3) is 0 Å². The molecule has 0 aliphatic carbocycles. The van der Waals surface area contributed by atoms with Gasteiger partial charge in [-0.2, -0.15) is 0 Å². The first-order valence-corrected chi connectivity index (χ1v) is 12.2. The van der Waals surface area contributed by atoms with E-state index in [4.69, 9.17) is 0 Å². The Morgan fingerprint density at radius 3 is 1.84 bits per heavy atom. The second-order valence-corrected chi connectivity index (χ2v) is 9.63. The summed E-state index contributed by atoms with van der Waals surface area (Å²) in [4.78, 5) is 10.4. The van der Waals surface area contributed by atoms with Crippen LogP contribution in [0.2, 0.25) is 0 Å². The molecule has 4 nitrogen and oxygen atoms in total. The topological polar surface area (TPSA) is 13.0 Å². The Labute approximate surface area is 189 Å². The molecule has 0 N–H and O–H groups in total. The standard InChI is InChI=1S/C27H40N4/c1-23(2)29-15-13-28(14-16-29)22-26-11-9-25(10-12-26)21-24(3)30-17-19-31(20-18-30)27-7-5-4-6-8-27/h4-12,23-24H,13-22H2,1-3H3. The van der Waals surface area contributed by atoms with Crippen molar-refractivity contribution in [3.8, 4) is 0 Å². The molecule has 31 heavy (non-hydrogen) atoms. The maximum Gasteiger partial charge on any atom is 0.0367 e. The highest BCUT2D eigenvalue weighted by Gasteiger charge is 2.22. The molecule has 2 saturated heterocycles. The zero-order valence-corrected chi connectivity index (χ0v) is 19.7. The summed E-state index contributed by atoms with van der Waals surface area (Å²) in [6.07, 6.45) is 1.14. The Kier molecular flexibility index (Phi) is 7.65. The molecule has 0 aromatic heterocycles. The highest BCUT2D eigenvalue weighted by atomic mass is 15.3. The number of rotatable bonds is 7. The van der Waals surface area contributed by atoms with Gasteiger partial charge in [0.15, 0.2) is 0 Å². The van der Waals surface area contributed by atoms with Crippen molar-refractivity contribution in [2.45, 2.75) is 45.8 Å². The highest BCUT2D eigenvalue weighted by Crippen LogP contribution is 2.18. The molecule has 4 heteroatoms. The SMILES string of the molecule is CC(C)N1CCN(Cc2ccc(CC(C)N3CCN(c4ccccc4)CC3)cc2)CC1. The van der Waals surface area contributed by atoms with Gasteiger partial charge in [0.2, 0.25) is 0 Å². The predicted molar refractivity (Wildman–Crippen MR) is 132 cm³/mol. The molecule has 2 aliphatic heterocycles. The van der Waals surface area contributed by atoms with Gasteiger partial charge < -0.3 is 4.90 Å². The van der Waals surface area contributed by atoms with Crippen LogP contribution in [0.1, 0.15) is 31.9 Å². The molecule has 2 aliphatic rings. The second-order valence-electron chi connectivity index (χ2n) is 9.63. The summed E-state index contributed by atoms with van der Waals surface area (Å²) >= 11 is 0. The van der Waals surface area contributed by atoms with Gasteiger partial charge in [-0.05, 0) is 50.5 Å². The number of piperazine rings is 2. The number of benzene rings is 2. The van der Waals surface area contributed by atoms with Crippen LogP contribution in [0, 0.1) is 0 Å². The summed E-state index contributed by atoms with van der Waals surface area (Å²) in [5.41, 5.74) is 4.27. The first-order valence-electron chi connectivity index (χ1n) is 12.2. The van der Waals surface area contributed by atoms with Crippen LogP contribution in [0.4, 0.5) is 5.69 Å². The van der Waals surface area contributed by atoms with Crippen LogP contribution in [0.15, 0.2) is 54.6 Å². The molecule has 1 atom stereocenters. The van der Waals surface area contributed by atoms with Crippen molar-refractivity contribution in [1.82, 2.24) is 14.7 Å². The molecule has 0 radical (unpaired) electrons. The molecule has 0 amide bonds. The van der Waals surface area contributed by atoms with Crippen LogP contribution >= 0.6 is 0 Å². The molecule has 168 valence electrons. The lowest BCUT2D eigenvalue weighted by molar-refractivity contribution is 0.104. The zero-order valence-electron chi connectivity index (χ0n) is 19.7. The summed E-state index contributed by atoms with van der Waals surface area (Å²) < 4.78 is 0. The van der Waals surface area contributed by atoms with Crippen molar-refractivity contribution in [2.75, 3.05) is 57.3 Å². The van der Waals surface area contributed by atoms with Crippen LogP contribution < -0.4 is 4.90 Å². The maximum atomic E-state index is 2.65.